The number of rotatable bonds is 6. The highest BCUT2D eigenvalue weighted by Crippen LogP contribution is 2.42. The summed E-state index contributed by atoms with van der Waals surface area (Å²) in [5.74, 6) is 0.579. The number of aromatic nitrogens is 2. The van der Waals surface area contributed by atoms with E-state index in [2.05, 4.69) is 40.5 Å². The van der Waals surface area contributed by atoms with E-state index < -0.39 is 0 Å². The third-order valence-corrected chi connectivity index (χ3v) is 6.85. The Balaban J connectivity index is 1.76. The third-order valence-electron chi connectivity index (χ3n) is 4.78. The molecule has 0 aromatic carbocycles. The minimum Gasteiger partial charge on any atom is -0.459 e. The molecule has 0 radical (unpaired) electrons. The van der Waals surface area contributed by atoms with Crippen LogP contribution >= 0.6 is 22.7 Å². The van der Waals surface area contributed by atoms with Gasteiger partial charge in [-0.05, 0) is 62.9 Å². The lowest BCUT2D eigenvalue weighted by atomic mass is 10.0. The Morgan fingerprint density at radius 1 is 1.10 bits per heavy atom. The Hall–Kier alpha value is -2.97. The second-order valence-corrected chi connectivity index (χ2v) is 9.23. The monoisotopic (exact) mass is 438 g/mol. The molecule has 1 amide bonds. The van der Waals surface area contributed by atoms with Gasteiger partial charge in [-0.1, -0.05) is 6.07 Å². The molecule has 154 valence electrons. The van der Waals surface area contributed by atoms with Crippen LogP contribution in [-0.2, 0) is 0 Å². The van der Waals surface area contributed by atoms with Gasteiger partial charge in [0.15, 0.2) is 5.76 Å². The number of carbonyl (C=O) groups excluding carboxylic acids is 1. The maximum Gasteiger partial charge on any atom is 0.291 e. The van der Waals surface area contributed by atoms with E-state index in [1.54, 1.807) is 34.8 Å². The number of furan rings is 1. The third kappa shape index (κ3) is 4.15. The predicted octanol–water partition coefficient (Wildman–Crippen LogP) is 5.88. The zero-order valence-corrected chi connectivity index (χ0v) is 18.8. The van der Waals surface area contributed by atoms with Gasteiger partial charge in [0.2, 0.25) is 5.95 Å². The molecule has 0 aliphatic heterocycles. The average molecular weight is 439 g/mol. The van der Waals surface area contributed by atoms with Gasteiger partial charge in [-0.2, -0.15) is 0 Å². The van der Waals surface area contributed by atoms with Crippen molar-refractivity contribution >= 4 is 39.5 Å². The molecule has 0 saturated heterocycles. The second kappa shape index (κ2) is 8.41. The first-order valence-corrected chi connectivity index (χ1v) is 11.2. The van der Waals surface area contributed by atoms with Gasteiger partial charge < -0.3 is 15.1 Å². The van der Waals surface area contributed by atoms with Gasteiger partial charge >= 0.3 is 0 Å². The minimum absolute atomic E-state index is 0.192. The highest BCUT2D eigenvalue weighted by atomic mass is 32.1. The lowest BCUT2D eigenvalue weighted by Gasteiger charge is -2.20. The molecule has 0 aliphatic carbocycles. The van der Waals surface area contributed by atoms with Crippen LogP contribution in [0.1, 0.15) is 48.9 Å². The molecule has 1 atom stereocenters. The van der Waals surface area contributed by atoms with Gasteiger partial charge in [0.05, 0.1) is 12.3 Å². The zero-order chi connectivity index (χ0) is 21.3. The lowest BCUT2D eigenvalue weighted by molar-refractivity contribution is 0.0997. The van der Waals surface area contributed by atoms with Crippen molar-refractivity contribution in [2.75, 3.05) is 10.6 Å². The Morgan fingerprint density at radius 2 is 1.87 bits per heavy atom. The average Bonchev–Trinajstić information content (AvgIpc) is 3.43. The van der Waals surface area contributed by atoms with Crippen molar-refractivity contribution < 1.29 is 9.21 Å². The largest absolute Gasteiger partial charge is 0.459 e. The molecule has 4 heterocycles. The molecular formula is C22H22N4O2S2. The van der Waals surface area contributed by atoms with E-state index in [-0.39, 0.29) is 17.7 Å². The van der Waals surface area contributed by atoms with Crippen molar-refractivity contribution in [3.8, 4) is 0 Å². The van der Waals surface area contributed by atoms with E-state index in [0.717, 1.165) is 37.3 Å². The fourth-order valence-electron chi connectivity index (χ4n) is 3.32. The van der Waals surface area contributed by atoms with Gasteiger partial charge in [-0.25, -0.2) is 9.97 Å². The Kier molecular flexibility index (Phi) is 5.69. The van der Waals surface area contributed by atoms with Crippen molar-refractivity contribution in [1.82, 2.24) is 9.97 Å². The summed E-state index contributed by atoms with van der Waals surface area (Å²) >= 11 is 3.21. The number of aryl methyl sites for hydroxylation is 3. The molecule has 0 fully saturated rings. The van der Waals surface area contributed by atoms with Crippen molar-refractivity contribution in [2.45, 2.75) is 33.7 Å². The van der Waals surface area contributed by atoms with E-state index in [9.17, 15) is 4.79 Å². The smallest absolute Gasteiger partial charge is 0.291 e. The molecule has 4 aromatic heterocycles. The van der Waals surface area contributed by atoms with Crippen molar-refractivity contribution in [3.05, 3.63) is 80.0 Å². The maximum absolute atomic E-state index is 12.7. The van der Waals surface area contributed by atoms with Crippen LogP contribution in [0.4, 0.5) is 10.9 Å². The number of anilines is 2. The van der Waals surface area contributed by atoms with Crippen molar-refractivity contribution in [1.29, 1.82) is 0 Å². The predicted molar refractivity (Wildman–Crippen MR) is 122 cm³/mol. The number of hydrogen-bond donors (Lipinski definition) is 2. The van der Waals surface area contributed by atoms with Crippen molar-refractivity contribution in [2.24, 2.45) is 0 Å². The second-order valence-electron chi connectivity index (χ2n) is 7.02. The van der Waals surface area contributed by atoms with Crippen LogP contribution in [0.2, 0.25) is 0 Å². The van der Waals surface area contributed by atoms with E-state index in [0.29, 0.717) is 5.95 Å². The van der Waals surface area contributed by atoms with Crippen LogP contribution in [0.5, 0.6) is 0 Å². The summed E-state index contributed by atoms with van der Waals surface area (Å²) in [5, 5.41) is 9.37. The first kappa shape index (κ1) is 20.3. The zero-order valence-electron chi connectivity index (χ0n) is 17.1. The summed E-state index contributed by atoms with van der Waals surface area (Å²) in [6, 6.07) is 9.21. The minimum atomic E-state index is -0.268. The number of amides is 1. The summed E-state index contributed by atoms with van der Waals surface area (Å²) in [4.78, 5) is 24.0. The van der Waals surface area contributed by atoms with Gasteiger partial charge in [0.25, 0.3) is 5.91 Å². The van der Waals surface area contributed by atoms with E-state index in [1.807, 2.05) is 31.4 Å². The highest BCUT2D eigenvalue weighted by Gasteiger charge is 2.26. The molecule has 6 nitrogen and oxygen atoms in total. The molecule has 1 unspecified atom stereocenters. The molecule has 4 aromatic rings. The van der Waals surface area contributed by atoms with Gasteiger partial charge in [-0.15, -0.1) is 22.7 Å². The van der Waals surface area contributed by atoms with Crippen LogP contribution in [0.15, 0.2) is 46.4 Å². The topological polar surface area (TPSA) is 80.0 Å². The molecule has 0 spiro atoms. The van der Waals surface area contributed by atoms with Crippen LogP contribution in [-0.4, -0.2) is 15.9 Å². The molecule has 4 rings (SSSR count). The Labute approximate surface area is 183 Å². The van der Waals surface area contributed by atoms with Gasteiger partial charge in [0.1, 0.15) is 5.00 Å². The maximum atomic E-state index is 12.7. The molecule has 0 saturated carbocycles. The summed E-state index contributed by atoms with van der Waals surface area (Å²) in [7, 11) is 0. The van der Waals surface area contributed by atoms with Gasteiger partial charge in [-0.3, -0.25) is 4.79 Å². The summed E-state index contributed by atoms with van der Waals surface area (Å²) < 4.78 is 5.26. The Morgan fingerprint density at radius 3 is 2.50 bits per heavy atom. The summed E-state index contributed by atoms with van der Waals surface area (Å²) in [5.41, 5.74) is 3.95. The van der Waals surface area contributed by atoms with E-state index in [1.165, 1.54) is 6.26 Å². The van der Waals surface area contributed by atoms with Crippen LogP contribution in [0.3, 0.4) is 0 Å². The quantitative estimate of drug-likeness (QED) is 0.393. The standard InChI is InChI=1S/C22H22N4O2S2/c1-12-11-13(2)24-22(23-12)25-19(17-8-6-10-29-17)18-14(3)15(4)30-21(18)26-20(27)16-7-5-9-28-16/h5-11,19H,1-4H3,(H,26,27)(H,23,24,25). The normalized spacial score (nSPS) is 12.0. The first-order chi connectivity index (χ1) is 14.4. The summed E-state index contributed by atoms with van der Waals surface area (Å²) in [6.45, 7) is 8.04. The number of hydrogen-bond acceptors (Lipinski definition) is 7. The number of nitrogens with zero attached hydrogens (tertiary/aromatic N) is 2. The molecule has 8 heteroatoms. The first-order valence-electron chi connectivity index (χ1n) is 9.49. The number of nitrogens with one attached hydrogen (secondary N) is 2. The fraction of sp³-hybridized carbons (Fsp3) is 0.227. The highest BCUT2D eigenvalue weighted by molar-refractivity contribution is 7.16. The number of carbonyl (C=O) groups is 1. The lowest BCUT2D eigenvalue weighted by Crippen LogP contribution is -2.18. The Bertz CT molecular complexity index is 1140. The van der Waals surface area contributed by atoms with E-state index in [4.69, 9.17) is 4.42 Å². The SMILES string of the molecule is Cc1cc(C)nc(NC(c2cccs2)c2c(NC(=O)c3ccco3)sc(C)c2C)n1. The van der Waals surface area contributed by atoms with Gasteiger partial charge in [0, 0.05) is 26.7 Å². The van der Waals surface area contributed by atoms with Crippen LogP contribution in [0.25, 0.3) is 0 Å². The summed E-state index contributed by atoms with van der Waals surface area (Å²) in [6.07, 6.45) is 1.49. The van der Waals surface area contributed by atoms with Crippen molar-refractivity contribution in [3.63, 3.8) is 0 Å². The van der Waals surface area contributed by atoms with Crippen LogP contribution < -0.4 is 10.6 Å². The molecule has 30 heavy (non-hydrogen) atoms. The van der Waals surface area contributed by atoms with E-state index >= 15 is 0 Å². The molecule has 0 bridgehead atoms. The van der Waals surface area contributed by atoms with Crippen LogP contribution in [0, 0.1) is 27.7 Å². The fourth-order valence-corrected chi connectivity index (χ4v) is 5.20. The molecule has 0 aliphatic rings. The number of thiophene rings is 2. The molecular weight excluding hydrogens is 416 g/mol. The molecule has 2 N–H and O–H groups in total.